The number of amides is 1. The fourth-order valence-electron chi connectivity index (χ4n) is 3.25. The maximum absolute atomic E-state index is 12.9. The van der Waals surface area contributed by atoms with Gasteiger partial charge in [-0.05, 0) is 49.2 Å². The first-order chi connectivity index (χ1) is 14.2. The van der Waals surface area contributed by atoms with Gasteiger partial charge in [0.15, 0.2) is 18.1 Å². The van der Waals surface area contributed by atoms with Crippen molar-refractivity contribution in [3.8, 4) is 22.9 Å². The third-order valence-electron chi connectivity index (χ3n) is 4.73. The number of ether oxygens (including phenoxy) is 2. The number of likely N-dealkylation sites (tertiary alicyclic amines) is 1. The van der Waals surface area contributed by atoms with Crippen molar-refractivity contribution >= 4 is 17.5 Å². The summed E-state index contributed by atoms with van der Waals surface area (Å²) in [5.41, 5.74) is 1.25. The summed E-state index contributed by atoms with van der Waals surface area (Å²) in [6.07, 6.45) is 2.03. The minimum Gasteiger partial charge on any atom is -0.493 e. The second kappa shape index (κ2) is 8.53. The van der Waals surface area contributed by atoms with Crippen LogP contribution in [0.25, 0.3) is 11.4 Å². The van der Waals surface area contributed by atoms with Gasteiger partial charge in [-0.25, -0.2) is 0 Å². The molecule has 2 aromatic carbocycles. The number of nitrogens with zero attached hydrogens (tertiary/aromatic N) is 3. The average Bonchev–Trinajstić information content (AvgIpc) is 3.44. The molecule has 0 bridgehead atoms. The van der Waals surface area contributed by atoms with Crippen molar-refractivity contribution in [2.75, 3.05) is 20.2 Å². The molecule has 1 fully saturated rings. The van der Waals surface area contributed by atoms with E-state index in [0.29, 0.717) is 33.8 Å². The lowest BCUT2D eigenvalue weighted by Crippen LogP contribution is -2.28. The normalized spacial score (nSPS) is 13.5. The van der Waals surface area contributed by atoms with E-state index in [2.05, 4.69) is 10.1 Å². The summed E-state index contributed by atoms with van der Waals surface area (Å²) in [7, 11) is 1.54. The van der Waals surface area contributed by atoms with Crippen molar-refractivity contribution in [1.29, 1.82) is 0 Å². The molecule has 0 saturated carbocycles. The first-order valence-corrected chi connectivity index (χ1v) is 9.71. The Bertz CT molecular complexity index is 997. The summed E-state index contributed by atoms with van der Waals surface area (Å²) in [5, 5.41) is 4.61. The van der Waals surface area contributed by atoms with E-state index < -0.39 is 0 Å². The van der Waals surface area contributed by atoms with Gasteiger partial charge in [-0.15, -0.1) is 0 Å². The zero-order valence-corrected chi connectivity index (χ0v) is 16.7. The fourth-order valence-corrected chi connectivity index (χ4v) is 3.37. The molecule has 1 aliphatic heterocycles. The number of rotatable bonds is 6. The van der Waals surface area contributed by atoms with Crippen LogP contribution in [0.4, 0.5) is 0 Å². The zero-order valence-electron chi connectivity index (χ0n) is 15.9. The molecule has 0 spiro atoms. The molecule has 1 aliphatic rings. The Balaban J connectivity index is 1.53. The lowest BCUT2D eigenvalue weighted by Gasteiger charge is -2.19. The summed E-state index contributed by atoms with van der Waals surface area (Å²) >= 11 is 5.91. The molecule has 0 unspecified atom stereocenters. The van der Waals surface area contributed by atoms with Crippen molar-refractivity contribution in [2.45, 2.75) is 19.4 Å². The highest BCUT2D eigenvalue weighted by molar-refractivity contribution is 6.30. The molecule has 0 radical (unpaired) electrons. The van der Waals surface area contributed by atoms with Crippen LogP contribution in [0.2, 0.25) is 5.02 Å². The number of hydrogen-bond acceptors (Lipinski definition) is 6. The Morgan fingerprint density at radius 2 is 1.93 bits per heavy atom. The van der Waals surface area contributed by atoms with Crippen LogP contribution in [0.5, 0.6) is 11.5 Å². The summed E-state index contributed by atoms with van der Waals surface area (Å²) in [6.45, 7) is 1.52. The van der Waals surface area contributed by atoms with Gasteiger partial charge in [-0.2, -0.15) is 4.98 Å². The van der Waals surface area contributed by atoms with Crippen LogP contribution in [-0.2, 0) is 6.61 Å². The molecule has 1 aromatic heterocycles. The van der Waals surface area contributed by atoms with E-state index in [-0.39, 0.29) is 12.5 Å². The molecule has 4 rings (SSSR count). The van der Waals surface area contributed by atoms with Crippen LogP contribution in [0.3, 0.4) is 0 Å². The van der Waals surface area contributed by atoms with Crippen molar-refractivity contribution in [3.63, 3.8) is 0 Å². The monoisotopic (exact) mass is 413 g/mol. The van der Waals surface area contributed by atoms with Crippen LogP contribution in [0.1, 0.15) is 29.1 Å². The van der Waals surface area contributed by atoms with E-state index >= 15 is 0 Å². The minimum atomic E-state index is -0.0659. The molecular weight excluding hydrogens is 394 g/mol. The standard InChI is InChI=1S/C21H20ClN3O4/c1-27-17-6-4-5-16(21(26)25-11-2-3-12-25)19(17)28-13-18-23-20(24-29-18)14-7-9-15(22)10-8-14/h4-10H,2-3,11-13H2,1H3. The molecule has 150 valence electrons. The lowest BCUT2D eigenvalue weighted by atomic mass is 10.1. The predicted molar refractivity (Wildman–Crippen MR) is 107 cm³/mol. The number of hydrogen-bond donors (Lipinski definition) is 0. The van der Waals surface area contributed by atoms with Crippen LogP contribution >= 0.6 is 11.6 Å². The smallest absolute Gasteiger partial charge is 0.264 e. The number of aromatic nitrogens is 2. The molecule has 7 nitrogen and oxygen atoms in total. The summed E-state index contributed by atoms with van der Waals surface area (Å²) in [5.74, 6) is 1.52. The summed E-state index contributed by atoms with van der Waals surface area (Å²) in [6, 6.07) is 12.4. The summed E-state index contributed by atoms with van der Waals surface area (Å²) < 4.78 is 16.6. The number of benzene rings is 2. The predicted octanol–water partition coefficient (Wildman–Crippen LogP) is 4.21. The molecule has 8 heteroatoms. The largest absolute Gasteiger partial charge is 0.493 e. The van der Waals surface area contributed by atoms with Gasteiger partial charge in [0.05, 0.1) is 12.7 Å². The van der Waals surface area contributed by atoms with Crippen LogP contribution < -0.4 is 9.47 Å². The fraction of sp³-hybridized carbons (Fsp3) is 0.286. The highest BCUT2D eigenvalue weighted by Crippen LogP contribution is 2.33. The second-order valence-electron chi connectivity index (χ2n) is 6.64. The van der Waals surface area contributed by atoms with Gasteiger partial charge in [0.25, 0.3) is 11.8 Å². The number of halogens is 1. The van der Waals surface area contributed by atoms with Crippen LogP contribution in [0.15, 0.2) is 47.0 Å². The van der Waals surface area contributed by atoms with Gasteiger partial charge in [-0.1, -0.05) is 22.8 Å². The Hall–Kier alpha value is -3.06. The maximum atomic E-state index is 12.9. The van der Waals surface area contributed by atoms with E-state index in [1.165, 1.54) is 7.11 Å². The first kappa shape index (κ1) is 19.3. The number of carbonyl (C=O) groups is 1. The molecule has 0 N–H and O–H groups in total. The van der Waals surface area contributed by atoms with Crippen LogP contribution in [-0.4, -0.2) is 41.1 Å². The van der Waals surface area contributed by atoms with Crippen molar-refractivity contribution < 1.29 is 18.8 Å². The van der Waals surface area contributed by atoms with E-state index in [0.717, 1.165) is 31.5 Å². The van der Waals surface area contributed by atoms with Gasteiger partial charge in [0, 0.05) is 23.7 Å². The van der Waals surface area contributed by atoms with E-state index in [1.807, 2.05) is 17.0 Å². The van der Waals surface area contributed by atoms with Gasteiger partial charge in [0.1, 0.15) is 0 Å². The zero-order chi connectivity index (χ0) is 20.2. The second-order valence-corrected chi connectivity index (χ2v) is 7.08. The topological polar surface area (TPSA) is 77.7 Å². The highest BCUT2D eigenvalue weighted by Gasteiger charge is 2.25. The molecule has 2 heterocycles. The molecular formula is C21H20ClN3O4. The first-order valence-electron chi connectivity index (χ1n) is 9.33. The maximum Gasteiger partial charge on any atom is 0.264 e. The van der Waals surface area contributed by atoms with E-state index in [1.54, 1.807) is 30.3 Å². The van der Waals surface area contributed by atoms with Crippen molar-refractivity contribution in [1.82, 2.24) is 15.0 Å². The van der Waals surface area contributed by atoms with E-state index in [9.17, 15) is 4.79 Å². The Kier molecular flexibility index (Phi) is 5.67. The van der Waals surface area contributed by atoms with Crippen molar-refractivity contribution in [3.05, 3.63) is 58.9 Å². The van der Waals surface area contributed by atoms with Gasteiger partial charge in [0.2, 0.25) is 5.82 Å². The lowest BCUT2D eigenvalue weighted by molar-refractivity contribution is 0.0786. The Morgan fingerprint density at radius 3 is 2.66 bits per heavy atom. The quantitative estimate of drug-likeness (QED) is 0.602. The highest BCUT2D eigenvalue weighted by atomic mass is 35.5. The third kappa shape index (κ3) is 4.19. The van der Waals surface area contributed by atoms with Crippen LogP contribution in [0, 0.1) is 0 Å². The number of para-hydroxylation sites is 1. The number of methoxy groups -OCH3 is 1. The van der Waals surface area contributed by atoms with Gasteiger partial charge < -0.3 is 18.9 Å². The van der Waals surface area contributed by atoms with E-state index in [4.69, 9.17) is 25.6 Å². The number of carbonyl (C=O) groups excluding carboxylic acids is 1. The minimum absolute atomic E-state index is 0.0151. The van der Waals surface area contributed by atoms with Gasteiger partial charge >= 0.3 is 0 Å². The molecule has 1 amide bonds. The Labute approximate surface area is 173 Å². The molecule has 0 atom stereocenters. The summed E-state index contributed by atoms with van der Waals surface area (Å²) in [4.78, 5) is 19.1. The Morgan fingerprint density at radius 1 is 1.17 bits per heavy atom. The molecule has 0 aliphatic carbocycles. The third-order valence-corrected chi connectivity index (χ3v) is 4.98. The molecule has 29 heavy (non-hydrogen) atoms. The molecule has 3 aromatic rings. The SMILES string of the molecule is COc1cccc(C(=O)N2CCCC2)c1OCc1nc(-c2ccc(Cl)cc2)no1. The van der Waals surface area contributed by atoms with Crippen molar-refractivity contribution in [2.24, 2.45) is 0 Å². The van der Waals surface area contributed by atoms with Gasteiger partial charge in [-0.3, -0.25) is 4.79 Å². The average molecular weight is 414 g/mol. The molecule has 1 saturated heterocycles.